The number of aromatic nitrogens is 2. The van der Waals surface area contributed by atoms with Crippen molar-refractivity contribution in [2.24, 2.45) is 4.99 Å². The molecule has 0 saturated carbocycles. The van der Waals surface area contributed by atoms with Gasteiger partial charge in [0, 0.05) is 23.7 Å². The molecule has 6 nitrogen and oxygen atoms in total. The van der Waals surface area contributed by atoms with Gasteiger partial charge in [-0.3, -0.25) is 4.98 Å². The smallest absolute Gasteiger partial charge is 0.226 e. The Hall–Kier alpha value is -3.67. The van der Waals surface area contributed by atoms with Crippen LogP contribution in [-0.2, 0) is 13.1 Å². The average molecular weight is 399 g/mol. The van der Waals surface area contributed by atoms with Crippen LogP contribution in [0.3, 0.4) is 0 Å². The Kier molecular flexibility index (Phi) is 6.03. The molecule has 0 aliphatic rings. The van der Waals surface area contributed by atoms with E-state index in [0.29, 0.717) is 19.0 Å². The summed E-state index contributed by atoms with van der Waals surface area (Å²) in [6, 6.07) is 18.3. The van der Waals surface area contributed by atoms with Crippen LogP contribution in [0.25, 0.3) is 22.4 Å². The summed E-state index contributed by atoms with van der Waals surface area (Å²) < 4.78 is 5.64. The molecule has 4 aromatic rings. The fourth-order valence-corrected chi connectivity index (χ4v) is 3.19. The normalized spacial score (nSPS) is 11.6. The molecule has 0 radical (unpaired) electrons. The van der Waals surface area contributed by atoms with Gasteiger partial charge < -0.3 is 15.1 Å². The highest BCUT2D eigenvalue weighted by Crippen LogP contribution is 2.19. The quantitative estimate of drug-likeness (QED) is 0.370. The molecule has 2 aromatic heterocycles. The third-order valence-electron chi connectivity index (χ3n) is 4.76. The average Bonchev–Trinajstić information content (AvgIpc) is 3.25. The Morgan fingerprint density at radius 2 is 1.87 bits per heavy atom. The zero-order valence-electron chi connectivity index (χ0n) is 17.2. The van der Waals surface area contributed by atoms with Crippen LogP contribution in [0, 0.1) is 6.92 Å². The van der Waals surface area contributed by atoms with Crippen LogP contribution < -0.4 is 10.6 Å². The molecule has 0 spiro atoms. The summed E-state index contributed by atoms with van der Waals surface area (Å²) in [6.07, 6.45) is 3.50. The van der Waals surface area contributed by atoms with E-state index >= 15 is 0 Å². The topological polar surface area (TPSA) is 75.3 Å². The number of para-hydroxylation sites is 1. The van der Waals surface area contributed by atoms with Gasteiger partial charge in [-0.25, -0.2) is 9.98 Å². The SMILES string of the molecule is CCNC(=NCc1cccc2cccnc12)NCc1coc(-c2ccc(C)cc2)n1. The summed E-state index contributed by atoms with van der Waals surface area (Å²) in [4.78, 5) is 13.8. The number of pyridine rings is 1. The number of nitrogens with one attached hydrogen (secondary N) is 2. The van der Waals surface area contributed by atoms with E-state index in [-0.39, 0.29) is 0 Å². The molecule has 2 heterocycles. The summed E-state index contributed by atoms with van der Waals surface area (Å²) in [7, 11) is 0. The van der Waals surface area contributed by atoms with Crippen LogP contribution in [0.15, 0.2) is 76.5 Å². The first-order valence-electron chi connectivity index (χ1n) is 10.1. The lowest BCUT2D eigenvalue weighted by atomic mass is 10.1. The molecular formula is C24H25N5O. The molecule has 0 saturated heterocycles. The number of hydrogen-bond acceptors (Lipinski definition) is 4. The Balaban J connectivity index is 1.44. The van der Waals surface area contributed by atoms with E-state index in [9.17, 15) is 0 Å². The Bertz CT molecular complexity index is 1140. The van der Waals surface area contributed by atoms with Crippen LogP contribution in [0.5, 0.6) is 0 Å². The van der Waals surface area contributed by atoms with E-state index < -0.39 is 0 Å². The Morgan fingerprint density at radius 3 is 2.70 bits per heavy atom. The van der Waals surface area contributed by atoms with E-state index in [1.165, 1.54) is 5.56 Å². The number of nitrogens with zero attached hydrogens (tertiary/aromatic N) is 3. The third kappa shape index (κ3) is 4.66. The molecule has 0 aliphatic heterocycles. The summed E-state index contributed by atoms with van der Waals surface area (Å²) in [5.74, 6) is 1.35. The van der Waals surface area contributed by atoms with Gasteiger partial charge in [-0.15, -0.1) is 0 Å². The van der Waals surface area contributed by atoms with E-state index in [1.807, 2.05) is 37.4 Å². The lowest BCUT2D eigenvalue weighted by molar-refractivity contribution is 0.572. The molecule has 0 unspecified atom stereocenters. The van der Waals surface area contributed by atoms with E-state index in [4.69, 9.17) is 9.41 Å². The van der Waals surface area contributed by atoms with Gasteiger partial charge in [0.05, 0.1) is 24.3 Å². The summed E-state index contributed by atoms with van der Waals surface area (Å²) >= 11 is 0. The van der Waals surface area contributed by atoms with Crippen molar-refractivity contribution >= 4 is 16.9 Å². The minimum atomic E-state index is 0.523. The zero-order chi connectivity index (χ0) is 20.8. The number of guanidine groups is 1. The van der Waals surface area contributed by atoms with Crippen molar-refractivity contribution in [1.82, 2.24) is 20.6 Å². The van der Waals surface area contributed by atoms with Gasteiger partial charge in [0.25, 0.3) is 0 Å². The van der Waals surface area contributed by atoms with Gasteiger partial charge in [-0.1, -0.05) is 42.0 Å². The minimum absolute atomic E-state index is 0.523. The summed E-state index contributed by atoms with van der Waals surface area (Å²) in [5.41, 5.74) is 5.08. The van der Waals surface area contributed by atoms with E-state index in [1.54, 1.807) is 6.26 Å². The highest BCUT2D eigenvalue weighted by atomic mass is 16.3. The predicted octanol–water partition coefficient (Wildman–Crippen LogP) is 4.45. The third-order valence-corrected chi connectivity index (χ3v) is 4.76. The van der Waals surface area contributed by atoms with Crippen LogP contribution in [0.1, 0.15) is 23.7 Å². The molecule has 0 atom stereocenters. The maximum Gasteiger partial charge on any atom is 0.226 e. The van der Waals surface area contributed by atoms with Gasteiger partial charge in [0.2, 0.25) is 5.89 Å². The molecule has 6 heteroatoms. The highest BCUT2D eigenvalue weighted by Gasteiger charge is 2.08. The second kappa shape index (κ2) is 9.22. The van der Waals surface area contributed by atoms with Crippen molar-refractivity contribution in [2.75, 3.05) is 6.54 Å². The molecule has 0 amide bonds. The number of aliphatic imine (C=N–C) groups is 1. The second-order valence-corrected chi connectivity index (χ2v) is 7.05. The van der Waals surface area contributed by atoms with Crippen molar-refractivity contribution in [2.45, 2.75) is 26.9 Å². The number of hydrogen-bond donors (Lipinski definition) is 2. The second-order valence-electron chi connectivity index (χ2n) is 7.05. The fraction of sp³-hybridized carbons (Fsp3) is 0.208. The van der Waals surface area contributed by atoms with Gasteiger partial charge in [-0.05, 0) is 37.6 Å². The maximum absolute atomic E-state index is 5.64. The monoisotopic (exact) mass is 399 g/mol. The molecule has 4 rings (SSSR count). The summed E-state index contributed by atoms with van der Waals surface area (Å²) in [5, 5.41) is 7.72. The van der Waals surface area contributed by atoms with Crippen LogP contribution in [0.2, 0.25) is 0 Å². The number of oxazole rings is 1. The molecular weight excluding hydrogens is 374 g/mol. The summed E-state index contributed by atoms with van der Waals surface area (Å²) in [6.45, 7) is 5.94. The van der Waals surface area contributed by atoms with Crippen molar-refractivity contribution in [3.63, 3.8) is 0 Å². The lowest BCUT2D eigenvalue weighted by Gasteiger charge is -2.10. The van der Waals surface area contributed by atoms with Crippen LogP contribution >= 0.6 is 0 Å². The maximum atomic E-state index is 5.64. The zero-order valence-corrected chi connectivity index (χ0v) is 17.2. The molecule has 152 valence electrons. The number of benzene rings is 2. The van der Waals surface area contributed by atoms with Gasteiger partial charge >= 0.3 is 0 Å². The molecule has 2 N–H and O–H groups in total. The molecule has 0 fully saturated rings. The first kappa shape index (κ1) is 19.6. The first-order valence-corrected chi connectivity index (χ1v) is 10.1. The van der Waals surface area contributed by atoms with Crippen molar-refractivity contribution in [3.05, 3.63) is 83.9 Å². The number of rotatable bonds is 6. The molecule has 30 heavy (non-hydrogen) atoms. The first-order chi connectivity index (χ1) is 14.7. The number of aryl methyl sites for hydroxylation is 1. The van der Waals surface area contributed by atoms with Gasteiger partial charge in [-0.2, -0.15) is 0 Å². The Labute approximate surface area is 176 Å². The molecule has 2 aromatic carbocycles. The van der Waals surface area contributed by atoms with Crippen molar-refractivity contribution in [3.8, 4) is 11.5 Å². The van der Waals surface area contributed by atoms with Crippen molar-refractivity contribution in [1.29, 1.82) is 0 Å². The lowest BCUT2D eigenvalue weighted by Crippen LogP contribution is -2.36. The fourth-order valence-electron chi connectivity index (χ4n) is 3.19. The van der Waals surface area contributed by atoms with E-state index in [0.717, 1.165) is 40.2 Å². The Morgan fingerprint density at radius 1 is 1.03 bits per heavy atom. The number of fused-ring (bicyclic) bond motifs is 1. The van der Waals surface area contributed by atoms with Crippen LogP contribution in [0.4, 0.5) is 0 Å². The molecule has 0 bridgehead atoms. The largest absolute Gasteiger partial charge is 0.444 e. The standard InChI is InChI=1S/C24H25N5O/c1-3-25-24(27-14-20-7-4-6-18-8-5-13-26-22(18)20)28-15-21-16-30-23(29-21)19-11-9-17(2)10-12-19/h4-13,16H,3,14-15H2,1-2H3,(H2,25,27,28). The molecule has 0 aliphatic carbocycles. The van der Waals surface area contributed by atoms with Gasteiger partial charge in [0.15, 0.2) is 5.96 Å². The van der Waals surface area contributed by atoms with Crippen LogP contribution in [-0.4, -0.2) is 22.5 Å². The predicted molar refractivity (Wildman–Crippen MR) is 120 cm³/mol. The minimum Gasteiger partial charge on any atom is -0.444 e. The van der Waals surface area contributed by atoms with Crippen molar-refractivity contribution < 1.29 is 4.42 Å². The van der Waals surface area contributed by atoms with E-state index in [2.05, 4.69) is 57.9 Å². The van der Waals surface area contributed by atoms with Gasteiger partial charge in [0.1, 0.15) is 6.26 Å². The highest BCUT2D eigenvalue weighted by molar-refractivity contribution is 5.83.